The molecular weight excluding hydrogens is 230 g/mol. The molecule has 98 valence electrons. The fourth-order valence-electron chi connectivity index (χ4n) is 1.62. The molecule has 0 fully saturated rings. The van der Waals surface area contributed by atoms with Crippen molar-refractivity contribution in [3.63, 3.8) is 0 Å². The van der Waals surface area contributed by atoms with Crippen LogP contribution in [0.25, 0.3) is 0 Å². The summed E-state index contributed by atoms with van der Waals surface area (Å²) in [6.45, 7) is 2.49. The van der Waals surface area contributed by atoms with Gasteiger partial charge in [-0.15, -0.1) is 0 Å². The number of anilines is 1. The summed E-state index contributed by atoms with van der Waals surface area (Å²) < 4.78 is 0. The molecule has 18 heavy (non-hydrogen) atoms. The van der Waals surface area contributed by atoms with Crippen molar-refractivity contribution in [3.8, 4) is 0 Å². The third-order valence-electron chi connectivity index (χ3n) is 2.82. The Bertz CT molecular complexity index is 428. The number of carbonyl (C=O) groups excluding carboxylic acids is 2. The Morgan fingerprint density at radius 3 is 2.67 bits per heavy atom. The van der Waals surface area contributed by atoms with Gasteiger partial charge in [0.1, 0.15) is 0 Å². The van der Waals surface area contributed by atoms with E-state index >= 15 is 0 Å². The van der Waals surface area contributed by atoms with Crippen molar-refractivity contribution < 1.29 is 9.59 Å². The quantitative estimate of drug-likeness (QED) is 0.704. The maximum atomic E-state index is 11.7. The topological polar surface area (TPSA) is 98.2 Å². The van der Waals surface area contributed by atoms with Crippen LogP contribution in [0.4, 0.5) is 5.69 Å². The van der Waals surface area contributed by atoms with Gasteiger partial charge in [0, 0.05) is 17.7 Å². The zero-order valence-corrected chi connectivity index (χ0v) is 10.5. The highest BCUT2D eigenvalue weighted by molar-refractivity contribution is 5.96. The predicted octanol–water partition coefficient (Wildman–Crippen LogP) is 1.10. The van der Waals surface area contributed by atoms with Crippen molar-refractivity contribution in [1.82, 2.24) is 0 Å². The molecule has 0 aliphatic carbocycles. The van der Waals surface area contributed by atoms with Crippen LogP contribution in [0.1, 0.15) is 30.1 Å². The number of nitrogens with two attached hydrogens (primary N) is 2. The summed E-state index contributed by atoms with van der Waals surface area (Å²) >= 11 is 0. The first-order valence-corrected chi connectivity index (χ1v) is 5.96. The number of hydrogen-bond acceptors (Lipinski definition) is 3. The first-order chi connectivity index (χ1) is 8.56. The Morgan fingerprint density at radius 2 is 2.11 bits per heavy atom. The second-order valence-electron chi connectivity index (χ2n) is 4.21. The SMILES string of the molecule is CCC(CN)CC(=O)Nc1cccc(C(N)=O)c1. The number of amides is 2. The second kappa shape index (κ2) is 6.76. The van der Waals surface area contributed by atoms with Gasteiger partial charge in [0.05, 0.1) is 0 Å². The average molecular weight is 249 g/mol. The van der Waals surface area contributed by atoms with Gasteiger partial charge in [-0.1, -0.05) is 19.4 Å². The lowest BCUT2D eigenvalue weighted by Gasteiger charge is -2.12. The molecule has 1 unspecified atom stereocenters. The van der Waals surface area contributed by atoms with Crippen molar-refractivity contribution in [1.29, 1.82) is 0 Å². The molecule has 2 amide bonds. The van der Waals surface area contributed by atoms with Crippen LogP contribution in [0.15, 0.2) is 24.3 Å². The van der Waals surface area contributed by atoms with Crippen LogP contribution in [0, 0.1) is 5.92 Å². The zero-order valence-electron chi connectivity index (χ0n) is 10.5. The van der Waals surface area contributed by atoms with Crippen molar-refractivity contribution >= 4 is 17.5 Å². The highest BCUT2D eigenvalue weighted by atomic mass is 16.2. The fraction of sp³-hybridized carbons (Fsp3) is 0.385. The summed E-state index contributed by atoms with van der Waals surface area (Å²) in [7, 11) is 0. The van der Waals surface area contributed by atoms with Crippen LogP contribution >= 0.6 is 0 Å². The highest BCUT2D eigenvalue weighted by Gasteiger charge is 2.11. The molecule has 5 heteroatoms. The molecule has 0 aliphatic rings. The van der Waals surface area contributed by atoms with E-state index in [9.17, 15) is 9.59 Å². The molecule has 1 rings (SSSR count). The van der Waals surface area contributed by atoms with Gasteiger partial charge in [-0.05, 0) is 30.7 Å². The molecule has 0 spiro atoms. The molecule has 1 aromatic carbocycles. The van der Waals surface area contributed by atoms with Crippen LogP contribution in [0.2, 0.25) is 0 Å². The fourth-order valence-corrected chi connectivity index (χ4v) is 1.62. The molecular formula is C13H19N3O2. The van der Waals surface area contributed by atoms with Gasteiger partial charge >= 0.3 is 0 Å². The smallest absolute Gasteiger partial charge is 0.248 e. The van der Waals surface area contributed by atoms with Crippen LogP contribution in [-0.4, -0.2) is 18.4 Å². The van der Waals surface area contributed by atoms with E-state index in [2.05, 4.69) is 5.32 Å². The summed E-state index contributed by atoms with van der Waals surface area (Å²) in [4.78, 5) is 22.7. The molecule has 0 saturated heterocycles. The molecule has 0 radical (unpaired) electrons. The normalized spacial score (nSPS) is 11.9. The van der Waals surface area contributed by atoms with Crippen molar-refractivity contribution in [2.24, 2.45) is 17.4 Å². The third kappa shape index (κ3) is 4.18. The Kier molecular flexibility index (Phi) is 5.32. The number of primary amides is 1. The molecule has 0 bridgehead atoms. The Labute approximate surface area is 107 Å². The van der Waals surface area contributed by atoms with Crippen molar-refractivity contribution in [2.45, 2.75) is 19.8 Å². The van der Waals surface area contributed by atoms with Crippen LogP contribution in [-0.2, 0) is 4.79 Å². The van der Waals surface area contributed by atoms with Crippen molar-refractivity contribution in [2.75, 3.05) is 11.9 Å². The number of nitrogens with one attached hydrogen (secondary N) is 1. The largest absolute Gasteiger partial charge is 0.366 e. The molecule has 1 atom stereocenters. The van der Waals surface area contributed by atoms with Gasteiger partial charge in [0.25, 0.3) is 0 Å². The number of rotatable bonds is 6. The monoisotopic (exact) mass is 249 g/mol. The van der Waals surface area contributed by atoms with E-state index in [-0.39, 0.29) is 11.8 Å². The minimum atomic E-state index is -0.514. The molecule has 5 N–H and O–H groups in total. The first kappa shape index (κ1) is 14.2. The highest BCUT2D eigenvalue weighted by Crippen LogP contribution is 2.12. The maximum Gasteiger partial charge on any atom is 0.248 e. The Balaban J connectivity index is 2.64. The number of hydrogen-bond donors (Lipinski definition) is 3. The Morgan fingerprint density at radius 1 is 1.39 bits per heavy atom. The van der Waals surface area contributed by atoms with Crippen LogP contribution in [0.3, 0.4) is 0 Å². The second-order valence-corrected chi connectivity index (χ2v) is 4.21. The van der Waals surface area contributed by atoms with Crippen LogP contribution in [0.5, 0.6) is 0 Å². The number of benzene rings is 1. The lowest BCUT2D eigenvalue weighted by Crippen LogP contribution is -2.22. The zero-order chi connectivity index (χ0) is 13.5. The minimum absolute atomic E-state index is 0.103. The van der Waals surface area contributed by atoms with Gasteiger partial charge in [-0.25, -0.2) is 0 Å². The average Bonchev–Trinajstić information content (AvgIpc) is 2.36. The van der Waals surface area contributed by atoms with Crippen LogP contribution < -0.4 is 16.8 Å². The third-order valence-corrected chi connectivity index (χ3v) is 2.82. The maximum absolute atomic E-state index is 11.7. The predicted molar refractivity (Wildman–Crippen MR) is 71.0 cm³/mol. The van der Waals surface area contributed by atoms with Gasteiger partial charge in [0.2, 0.25) is 11.8 Å². The van der Waals surface area contributed by atoms with Gasteiger partial charge in [-0.3, -0.25) is 9.59 Å². The van der Waals surface area contributed by atoms with Gasteiger partial charge in [-0.2, -0.15) is 0 Å². The van der Waals surface area contributed by atoms with E-state index in [1.54, 1.807) is 24.3 Å². The molecule has 0 aliphatic heterocycles. The lowest BCUT2D eigenvalue weighted by atomic mass is 10.0. The van der Waals surface area contributed by atoms with Crippen molar-refractivity contribution in [3.05, 3.63) is 29.8 Å². The molecule has 0 aromatic heterocycles. The first-order valence-electron chi connectivity index (χ1n) is 5.96. The van der Waals surface area contributed by atoms with Gasteiger partial charge < -0.3 is 16.8 Å². The summed E-state index contributed by atoms with van der Waals surface area (Å²) in [6.07, 6.45) is 1.25. The van der Waals surface area contributed by atoms with E-state index in [1.165, 1.54) is 0 Å². The van der Waals surface area contributed by atoms with Gasteiger partial charge in [0.15, 0.2) is 0 Å². The van der Waals surface area contributed by atoms with E-state index in [1.807, 2.05) is 6.92 Å². The standard InChI is InChI=1S/C13H19N3O2/c1-2-9(8-14)6-12(17)16-11-5-3-4-10(7-11)13(15)18/h3-5,7,9H,2,6,8,14H2,1H3,(H2,15,18)(H,16,17). The Hall–Kier alpha value is -1.88. The van der Waals surface area contributed by atoms with E-state index < -0.39 is 5.91 Å². The minimum Gasteiger partial charge on any atom is -0.366 e. The molecule has 1 aromatic rings. The number of carbonyl (C=O) groups is 2. The molecule has 0 saturated carbocycles. The summed E-state index contributed by atoms with van der Waals surface area (Å²) in [5.74, 6) is -0.433. The summed E-state index contributed by atoms with van der Waals surface area (Å²) in [5, 5.41) is 2.73. The molecule has 0 heterocycles. The summed E-state index contributed by atoms with van der Waals surface area (Å²) in [6, 6.07) is 6.56. The van der Waals surface area contributed by atoms with E-state index in [0.717, 1.165) is 6.42 Å². The summed E-state index contributed by atoms with van der Waals surface area (Å²) in [5.41, 5.74) is 11.7. The van der Waals surface area contributed by atoms with E-state index in [4.69, 9.17) is 11.5 Å². The lowest BCUT2D eigenvalue weighted by molar-refractivity contribution is -0.117. The van der Waals surface area contributed by atoms with E-state index in [0.29, 0.717) is 24.2 Å². The molecule has 5 nitrogen and oxygen atoms in total.